The summed E-state index contributed by atoms with van der Waals surface area (Å²) in [5.41, 5.74) is 6.71. The molecule has 6 heteroatoms. The molecule has 4 nitrogen and oxygen atoms in total. The molecule has 0 aliphatic heterocycles. The van der Waals surface area contributed by atoms with Crippen molar-refractivity contribution in [1.29, 1.82) is 0 Å². The van der Waals surface area contributed by atoms with Gasteiger partial charge in [-0.25, -0.2) is 0 Å². The zero-order valence-corrected chi connectivity index (χ0v) is 13.3. The third-order valence-corrected chi connectivity index (χ3v) is 4.47. The van der Waals surface area contributed by atoms with E-state index in [2.05, 4.69) is 10.2 Å². The minimum Gasteiger partial charge on any atom is -0.397 e. The van der Waals surface area contributed by atoms with E-state index in [-0.39, 0.29) is 5.91 Å². The lowest BCUT2D eigenvalue weighted by atomic mass is 10.2. The fraction of sp³-hybridized carbons (Fsp3) is 0.533. The highest BCUT2D eigenvalue weighted by molar-refractivity contribution is 6.37. The molecule has 0 spiro atoms. The van der Waals surface area contributed by atoms with Crippen molar-refractivity contribution in [2.75, 3.05) is 24.1 Å². The number of nitrogen functional groups attached to an aromatic ring is 1. The van der Waals surface area contributed by atoms with Gasteiger partial charge in [-0.3, -0.25) is 9.69 Å². The van der Waals surface area contributed by atoms with Gasteiger partial charge in [0.1, 0.15) is 0 Å². The van der Waals surface area contributed by atoms with E-state index in [9.17, 15) is 4.79 Å². The zero-order chi connectivity index (χ0) is 15.0. The molecule has 2 saturated carbocycles. The molecule has 0 radical (unpaired) electrons. The van der Waals surface area contributed by atoms with E-state index in [4.69, 9.17) is 28.9 Å². The predicted molar refractivity (Wildman–Crippen MR) is 86.8 cm³/mol. The van der Waals surface area contributed by atoms with Crippen LogP contribution in [0.3, 0.4) is 0 Å². The fourth-order valence-electron chi connectivity index (χ4n) is 2.50. The van der Waals surface area contributed by atoms with Gasteiger partial charge in [0.25, 0.3) is 0 Å². The molecule has 0 heterocycles. The van der Waals surface area contributed by atoms with Crippen molar-refractivity contribution in [2.45, 2.75) is 31.7 Å². The Morgan fingerprint density at radius 1 is 1.29 bits per heavy atom. The summed E-state index contributed by atoms with van der Waals surface area (Å²) in [7, 11) is 0. The SMILES string of the molecule is Nc1cc(Cl)cc(Cl)c1NC(=O)CN(CC1CC1)C1CC1. The van der Waals surface area contributed by atoms with Gasteiger partial charge in [0, 0.05) is 17.6 Å². The van der Waals surface area contributed by atoms with Gasteiger partial charge in [-0.15, -0.1) is 0 Å². The topological polar surface area (TPSA) is 58.4 Å². The van der Waals surface area contributed by atoms with Gasteiger partial charge in [0.2, 0.25) is 5.91 Å². The first-order chi connectivity index (χ1) is 10.0. The third-order valence-electron chi connectivity index (χ3n) is 3.95. The Morgan fingerprint density at radius 3 is 2.57 bits per heavy atom. The van der Waals surface area contributed by atoms with Crippen LogP contribution in [0.1, 0.15) is 25.7 Å². The quantitative estimate of drug-likeness (QED) is 0.787. The largest absolute Gasteiger partial charge is 0.397 e. The predicted octanol–water partition coefficient (Wildman–Crippen LogP) is 3.39. The molecular weight excluding hydrogens is 309 g/mol. The molecule has 0 aromatic heterocycles. The first-order valence-electron chi connectivity index (χ1n) is 7.31. The Labute approximate surface area is 134 Å². The summed E-state index contributed by atoms with van der Waals surface area (Å²) in [6, 6.07) is 3.75. The van der Waals surface area contributed by atoms with Crippen molar-refractivity contribution in [3.8, 4) is 0 Å². The molecule has 2 fully saturated rings. The van der Waals surface area contributed by atoms with Crippen molar-refractivity contribution in [2.24, 2.45) is 5.92 Å². The molecule has 0 bridgehead atoms. The summed E-state index contributed by atoms with van der Waals surface area (Å²) in [5.74, 6) is 0.709. The Hall–Kier alpha value is -0.970. The molecule has 3 N–H and O–H groups in total. The molecule has 1 aromatic carbocycles. The summed E-state index contributed by atoms with van der Waals surface area (Å²) < 4.78 is 0. The van der Waals surface area contributed by atoms with Crippen LogP contribution in [0.2, 0.25) is 10.0 Å². The fourth-order valence-corrected chi connectivity index (χ4v) is 3.06. The van der Waals surface area contributed by atoms with Crippen LogP contribution in [0.15, 0.2) is 12.1 Å². The summed E-state index contributed by atoms with van der Waals surface area (Å²) in [6.07, 6.45) is 4.98. The molecule has 2 aliphatic rings. The van der Waals surface area contributed by atoms with Gasteiger partial charge in [-0.2, -0.15) is 0 Å². The van der Waals surface area contributed by atoms with E-state index in [0.29, 0.717) is 34.0 Å². The number of benzene rings is 1. The highest BCUT2D eigenvalue weighted by Gasteiger charge is 2.34. The molecule has 0 unspecified atom stereocenters. The van der Waals surface area contributed by atoms with Gasteiger partial charge in [0.05, 0.1) is 22.9 Å². The Morgan fingerprint density at radius 2 is 2.00 bits per heavy atom. The molecular formula is C15H19Cl2N3O. The average Bonchev–Trinajstić information content (AvgIpc) is 3.24. The number of hydrogen-bond acceptors (Lipinski definition) is 3. The highest BCUT2D eigenvalue weighted by Crippen LogP contribution is 2.35. The zero-order valence-electron chi connectivity index (χ0n) is 11.7. The van der Waals surface area contributed by atoms with E-state index >= 15 is 0 Å². The van der Waals surface area contributed by atoms with Gasteiger partial charge in [-0.1, -0.05) is 23.2 Å². The maximum atomic E-state index is 12.2. The van der Waals surface area contributed by atoms with Crippen molar-refractivity contribution in [3.63, 3.8) is 0 Å². The average molecular weight is 328 g/mol. The van der Waals surface area contributed by atoms with Crippen LogP contribution in [0.25, 0.3) is 0 Å². The van der Waals surface area contributed by atoms with E-state index < -0.39 is 0 Å². The first-order valence-corrected chi connectivity index (χ1v) is 8.07. The van der Waals surface area contributed by atoms with Crippen molar-refractivity contribution >= 4 is 40.5 Å². The van der Waals surface area contributed by atoms with Crippen molar-refractivity contribution < 1.29 is 4.79 Å². The van der Waals surface area contributed by atoms with E-state index in [0.717, 1.165) is 12.5 Å². The number of nitrogens with two attached hydrogens (primary N) is 1. The second kappa shape index (κ2) is 6.03. The minimum absolute atomic E-state index is 0.0709. The molecule has 114 valence electrons. The van der Waals surface area contributed by atoms with Crippen LogP contribution in [0.4, 0.5) is 11.4 Å². The Balaban J connectivity index is 1.62. The number of nitrogens with one attached hydrogen (secondary N) is 1. The van der Waals surface area contributed by atoms with E-state index in [1.54, 1.807) is 12.1 Å². The van der Waals surface area contributed by atoms with Gasteiger partial charge < -0.3 is 11.1 Å². The maximum Gasteiger partial charge on any atom is 0.238 e. The number of carbonyl (C=O) groups excluding carboxylic acids is 1. The molecule has 2 aliphatic carbocycles. The monoisotopic (exact) mass is 327 g/mol. The van der Waals surface area contributed by atoms with E-state index in [1.807, 2.05) is 0 Å². The van der Waals surface area contributed by atoms with Gasteiger partial charge in [0.15, 0.2) is 0 Å². The first kappa shape index (κ1) is 14.9. The molecule has 3 rings (SSSR count). The third kappa shape index (κ3) is 4.02. The van der Waals surface area contributed by atoms with Crippen molar-refractivity contribution in [3.05, 3.63) is 22.2 Å². The van der Waals surface area contributed by atoms with Crippen LogP contribution < -0.4 is 11.1 Å². The Bertz CT molecular complexity index is 533. The smallest absolute Gasteiger partial charge is 0.238 e. The number of hydrogen-bond donors (Lipinski definition) is 2. The summed E-state index contributed by atoms with van der Waals surface area (Å²) in [4.78, 5) is 14.5. The van der Waals surface area contributed by atoms with Crippen LogP contribution >= 0.6 is 23.2 Å². The number of carbonyl (C=O) groups is 1. The van der Waals surface area contributed by atoms with Crippen LogP contribution in [0.5, 0.6) is 0 Å². The van der Waals surface area contributed by atoms with Gasteiger partial charge >= 0.3 is 0 Å². The number of rotatable bonds is 6. The lowest BCUT2D eigenvalue weighted by molar-refractivity contribution is -0.117. The number of nitrogens with zero attached hydrogens (tertiary/aromatic N) is 1. The lowest BCUT2D eigenvalue weighted by Gasteiger charge is -2.21. The molecule has 0 saturated heterocycles. The molecule has 21 heavy (non-hydrogen) atoms. The second-order valence-corrected chi connectivity index (χ2v) is 6.85. The maximum absolute atomic E-state index is 12.2. The summed E-state index contributed by atoms with van der Waals surface area (Å²) in [5, 5.41) is 3.65. The van der Waals surface area contributed by atoms with E-state index in [1.165, 1.54) is 25.7 Å². The number of amides is 1. The molecule has 0 atom stereocenters. The second-order valence-electron chi connectivity index (χ2n) is 6.00. The lowest BCUT2D eigenvalue weighted by Crippen LogP contribution is -2.36. The number of anilines is 2. The van der Waals surface area contributed by atoms with Crippen molar-refractivity contribution in [1.82, 2.24) is 4.90 Å². The summed E-state index contributed by atoms with van der Waals surface area (Å²) >= 11 is 12.0. The standard InChI is InChI=1S/C15H19Cl2N3O/c16-10-5-12(17)15(13(18)6-10)19-14(21)8-20(11-3-4-11)7-9-1-2-9/h5-6,9,11H,1-4,7-8,18H2,(H,19,21). The molecule has 1 amide bonds. The normalized spacial score (nSPS) is 18.0. The van der Waals surface area contributed by atoms with Crippen LogP contribution in [-0.2, 0) is 4.79 Å². The van der Waals surface area contributed by atoms with Crippen LogP contribution in [-0.4, -0.2) is 29.9 Å². The van der Waals surface area contributed by atoms with Crippen LogP contribution in [0, 0.1) is 5.92 Å². The number of halogens is 2. The van der Waals surface area contributed by atoms with Gasteiger partial charge in [-0.05, 0) is 43.7 Å². The molecule has 1 aromatic rings. The minimum atomic E-state index is -0.0709. The Kier molecular flexibility index (Phi) is 4.29. The highest BCUT2D eigenvalue weighted by atomic mass is 35.5. The summed E-state index contributed by atoms with van der Waals surface area (Å²) in [6.45, 7) is 1.43.